The van der Waals surface area contributed by atoms with Gasteiger partial charge in [0.2, 0.25) is 11.8 Å². The molecule has 5 heteroatoms. The summed E-state index contributed by atoms with van der Waals surface area (Å²) in [5.74, 6) is 1.12. The quantitative estimate of drug-likeness (QED) is 0.783. The number of rotatable bonds is 1. The van der Waals surface area contributed by atoms with Gasteiger partial charge in [-0.15, -0.1) is 0 Å². The Morgan fingerprint density at radius 1 is 1.44 bits per heavy atom. The molecule has 1 N–H and O–H groups in total. The Kier molecular flexibility index (Phi) is 4.20. The summed E-state index contributed by atoms with van der Waals surface area (Å²) in [6.07, 6.45) is 3.21. The number of carbonyl (C=O) groups excluding carboxylic acids is 2. The molecule has 0 aliphatic carbocycles. The lowest BCUT2D eigenvalue weighted by atomic mass is 10.1. The Balaban J connectivity index is 1.99. The van der Waals surface area contributed by atoms with Gasteiger partial charge in [-0.1, -0.05) is 6.42 Å². The lowest BCUT2D eigenvalue weighted by molar-refractivity contribution is -0.136. The van der Waals surface area contributed by atoms with Crippen LogP contribution in [0.2, 0.25) is 0 Å². The molecule has 0 aromatic rings. The van der Waals surface area contributed by atoms with Crippen molar-refractivity contribution in [1.29, 1.82) is 0 Å². The Labute approximate surface area is 113 Å². The van der Waals surface area contributed by atoms with Gasteiger partial charge in [-0.05, 0) is 26.7 Å². The normalized spacial score (nSPS) is 28.4. The molecule has 2 fully saturated rings. The second-order valence-corrected chi connectivity index (χ2v) is 7.54. The van der Waals surface area contributed by atoms with Crippen LogP contribution in [0.3, 0.4) is 0 Å². The lowest BCUT2D eigenvalue weighted by Gasteiger charge is -2.39. The summed E-state index contributed by atoms with van der Waals surface area (Å²) in [4.78, 5) is 25.9. The van der Waals surface area contributed by atoms with Crippen LogP contribution in [0.25, 0.3) is 0 Å². The van der Waals surface area contributed by atoms with Crippen molar-refractivity contribution in [2.45, 2.75) is 50.3 Å². The van der Waals surface area contributed by atoms with E-state index in [0.717, 1.165) is 38.1 Å². The minimum Gasteiger partial charge on any atom is -0.344 e. The van der Waals surface area contributed by atoms with Gasteiger partial charge in [-0.3, -0.25) is 9.59 Å². The van der Waals surface area contributed by atoms with E-state index in [-0.39, 0.29) is 22.6 Å². The van der Waals surface area contributed by atoms with Gasteiger partial charge in [-0.25, -0.2) is 0 Å². The van der Waals surface area contributed by atoms with Crippen molar-refractivity contribution in [2.75, 3.05) is 18.8 Å². The molecular weight excluding hydrogens is 248 g/mol. The van der Waals surface area contributed by atoms with Gasteiger partial charge in [0.15, 0.2) is 0 Å². The molecule has 0 spiro atoms. The van der Waals surface area contributed by atoms with E-state index in [9.17, 15) is 9.59 Å². The minimum atomic E-state index is -0.293. The van der Waals surface area contributed by atoms with Crippen LogP contribution >= 0.6 is 11.8 Å². The van der Waals surface area contributed by atoms with E-state index in [4.69, 9.17) is 0 Å². The fraction of sp³-hybridized carbons (Fsp3) is 0.846. The zero-order valence-corrected chi connectivity index (χ0v) is 12.0. The summed E-state index contributed by atoms with van der Waals surface area (Å²) in [6, 6.07) is -0.293. The van der Waals surface area contributed by atoms with Gasteiger partial charge in [-0.2, -0.15) is 11.8 Å². The summed E-state index contributed by atoms with van der Waals surface area (Å²) in [5.41, 5.74) is 0. The third kappa shape index (κ3) is 3.40. The second kappa shape index (κ2) is 5.51. The molecule has 0 unspecified atom stereocenters. The number of carbonyl (C=O) groups is 2. The standard InChI is InChI=1S/C13H22N2O2S/c1-13(2)9-15(7-8-18-13)12(17)10-5-3-4-6-11(16)14-10/h10H,3-9H2,1-2H3,(H,14,16)/t10-/m1/s1. The third-order valence-corrected chi connectivity index (χ3v) is 4.81. The van der Waals surface area contributed by atoms with Crippen LogP contribution in [0.1, 0.15) is 39.5 Å². The van der Waals surface area contributed by atoms with E-state index >= 15 is 0 Å². The molecule has 2 aliphatic rings. The molecule has 102 valence electrons. The summed E-state index contributed by atoms with van der Waals surface area (Å²) in [7, 11) is 0. The predicted octanol–water partition coefficient (Wildman–Crippen LogP) is 1.40. The maximum absolute atomic E-state index is 12.4. The summed E-state index contributed by atoms with van der Waals surface area (Å²) < 4.78 is 0.128. The van der Waals surface area contributed by atoms with Crippen LogP contribution in [-0.2, 0) is 9.59 Å². The minimum absolute atomic E-state index is 0.0245. The van der Waals surface area contributed by atoms with Gasteiger partial charge >= 0.3 is 0 Å². The maximum Gasteiger partial charge on any atom is 0.245 e. The Hall–Kier alpha value is -0.710. The SMILES string of the molecule is CC1(C)CN(C(=O)[C@H]2CCCCC(=O)N2)CCS1. The average molecular weight is 270 g/mol. The molecular formula is C13H22N2O2S. The van der Waals surface area contributed by atoms with Gasteiger partial charge in [0.25, 0.3) is 0 Å². The van der Waals surface area contributed by atoms with Gasteiger partial charge in [0, 0.05) is 30.0 Å². The molecule has 18 heavy (non-hydrogen) atoms. The van der Waals surface area contributed by atoms with Crippen molar-refractivity contribution in [2.24, 2.45) is 0 Å². The van der Waals surface area contributed by atoms with Gasteiger partial charge in [0.05, 0.1) is 0 Å². The van der Waals surface area contributed by atoms with Crippen molar-refractivity contribution in [3.63, 3.8) is 0 Å². The van der Waals surface area contributed by atoms with Crippen molar-refractivity contribution in [3.05, 3.63) is 0 Å². The lowest BCUT2D eigenvalue weighted by Crippen LogP contribution is -2.53. The third-order valence-electron chi connectivity index (χ3n) is 3.52. The Morgan fingerprint density at radius 2 is 2.22 bits per heavy atom. The number of thioether (sulfide) groups is 1. The van der Waals surface area contributed by atoms with E-state index < -0.39 is 0 Å². The molecule has 2 rings (SSSR count). The number of hydrogen-bond acceptors (Lipinski definition) is 3. The molecule has 1 atom stereocenters. The van der Waals surface area contributed by atoms with Crippen LogP contribution in [0, 0.1) is 0 Å². The first kappa shape index (κ1) is 13.7. The molecule has 0 bridgehead atoms. The molecule has 2 aliphatic heterocycles. The highest BCUT2D eigenvalue weighted by Crippen LogP contribution is 2.30. The summed E-state index contributed by atoms with van der Waals surface area (Å²) >= 11 is 1.91. The van der Waals surface area contributed by atoms with Crippen molar-refractivity contribution < 1.29 is 9.59 Å². The van der Waals surface area contributed by atoms with Crippen molar-refractivity contribution >= 4 is 23.6 Å². The monoisotopic (exact) mass is 270 g/mol. The number of amides is 2. The zero-order valence-electron chi connectivity index (χ0n) is 11.2. The van der Waals surface area contributed by atoms with E-state index in [0.29, 0.717) is 6.42 Å². The van der Waals surface area contributed by atoms with Crippen LogP contribution in [0.4, 0.5) is 0 Å². The molecule has 4 nitrogen and oxygen atoms in total. The van der Waals surface area contributed by atoms with Crippen LogP contribution in [-0.4, -0.2) is 46.3 Å². The summed E-state index contributed by atoms with van der Waals surface area (Å²) in [5, 5.41) is 2.87. The van der Waals surface area contributed by atoms with Crippen LogP contribution in [0.5, 0.6) is 0 Å². The predicted molar refractivity (Wildman–Crippen MR) is 73.5 cm³/mol. The maximum atomic E-state index is 12.4. The molecule has 2 amide bonds. The first-order chi connectivity index (χ1) is 8.48. The largest absolute Gasteiger partial charge is 0.344 e. The van der Waals surface area contributed by atoms with Crippen molar-refractivity contribution in [1.82, 2.24) is 10.2 Å². The van der Waals surface area contributed by atoms with Crippen LogP contribution in [0.15, 0.2) is 0 Å². The fourth-order valence-corrected chi connectivity index (χ4v) is 3.69. The number of hydrogen-bond donors (Lipinski definition) is 1. The molecule has 0 radical (unpaired) electrons. The first-order valence-electron chi connectivity index (χ1n) is 6.70. The highest BCUT2D eigenvalue weighted by molar-refractivity contribution is 8.00. The molecule has 0 aromatic carbocycles. The van der Waals surface area contributed by atoms with E-state index in [1.165, 1.54) is 0 Å². The highest BCUT2D eigenvalue weighted by atomic mass is 32.2. The Morgan fingerprint density at radius 3 is 2.94 bits per heavy atom. The molecule has 2 saturated heterocycles. The van der Waals surface area contributed by atoms with E-state index in [2.05, 4.69) is 19.2 Å². The van der Waals surface area contributed by atoms with Crippen LogP contribution < -0.4 is 5.32 Å². The molecule has 0 saturated carbocycles. The topological polar surface area (TPSA) is 49.4 Å². The van der Waals surface area contributed by atoms with E-state index in [1.54, 1.807) is 0 Å². The van der Waals surface area contributed by atoms with Crippen molar-refractivity contribution in [3.8, 4) is 0 Å². The average Bonchev–Trinajstić information content (AvgIpc) is 2.51. The zero-order chi connectivity index (χ0) is 13.2. The molecule has 0 aromatic heterocycles. The fourth-order valence-electron chi connectivity index (χ4n) is 2.58. The second-order valence-electron chi connectivity index (χ2n) is 5.73. The highest BCUT2D eigenvalue weighted by Gasteiger charge is 2.33. The number of nitrogens with one attached hydrogen (secondary N) is 1. The van der Waals surface area contributed by atoms with Gasteiger partial charge in [0.1, 0.15) is 6.04 Å². The first-order valence-corrected chi connectivity index (χ1v) is 7.69. The number of nitrogens with zero attached hydrogens (tertiary/aromatic N) is 1. The van der Waals surface area contributed by atoms with Gasteiger partial charge < -0.3 is 10.2 Å². The Bertz CT molecular complexity index is 344. The smallest absolute Gasteiger partial charge is 0.245 e. The molecule has 2 heterocycles. The van der Waals surface area contributed by atoms with E-state index in [1.807, 2.05) is 16.7 Å². The summed E-state index contributed by atoms with van der Waals surface area (Å²) in [6.45, 7) is 5.92.